The van der Waals surface area contributed by atoms with Crippen LogP contribution in [0.2, 0.25) is 0 Å². The maximum absolute atomic E-state index is 9.27. The summed E-state index contributed by atoms with van der Waals surface area (Å²) in [6.07, 6.45) is 2.55. The number of anilines is 1. The summed E-state index contributed by atoms with van der Waals surface area (Å²) < 4.78 is 5.28. The molecule has 4 heteroatoms. The first-order valence-electron chi connectivity index (χ1n) is 6.88. The minimum Gasteiger partial charge on any atom is -0.497 e. The summed E-state index contributed by atoms with van der Waals surface area (Å²) in [4.78, 5) is 2.33. The zero-order chi connectivity index (χ0) is 13.2. The van der Waals surface area contributed by atoms with Gasteiger partial charge in [-0.1, -0.05) is 0 Å². The molecule has 0 bridgehead atoms. The van der Waals surface area contributed by atoms with E-state index in [4.69, 9.17) is 4.74 Å². The highest BCUT2D eigenvalue weighted by Gasteiger charge is 2.35. The molecule has 2 heterocycles. The molecule has 100 valence electrons. The Morgan fingerprint density at radius 3 is 3.05 bits per heavy atom. The molecule has 1 N–H and O–H groups in total. The lowest BCUT2D eigenvalue weighted by atomic mass is 9.94. The molecule has 1 aromatic carbocycles. The van der Waals surface area contributed by atoms with Crippen LogP contribution < -0.4 is 15.0 Å². The van der Waals surface area contributed by atoms with Crippen LogP contribution in [0.15, 0.2) is 18.2 Å². The third kappa shape index (κ3) is 2.26. The molecule has 2 fully saturated rings. The van der Waals surface area contributed by atoms with E-state index >= 15 is 0 Å². The lowest BCUT2D eigenvalue weighted by molar-refractivity contribution is 0.340. The van der Waals surface area contributed by atoms with Gasteiger partial charge >= 0.3 is 0 Å². The van der Waals surface area contributed by atoms with Crippen molar-refractivity contribution in [3.05, 3.63) is 23.8 Å². The van der Waals surface area contributed by atoms with Gasteiger partial charge in [0.2, 0.25) is 0 Å². The second-order valence-corrected chi connectivity index (χ2v) is 5.36. The molecule has 2 atom stereocenters. The van der Waals surface area contributed by atoms with Gasteiger partial charge in [-0.05, 0) is 37.4 Å². The van der Waals surface area contributed by atoms with Crippen molar-refractivity contribution in [2.24, 2.45) is 5.92 Å². The van der Waals surface area contributed by atoms with Crippen LogP contribution in [0.5, 0.6) is 5.75 Å². The van der Waals surface area contributed by atoms with Gasteiger partial charge in [0.25, 0.3) is 0 Å². The quantitative estimate of drug-likeness (QED) is 0.877. The van der Waals surface area contributed by atoms with Gasteiger partial charge in [-0.3, -0.25) is 0 Å². The second-order valence-electron chi connectivity index (χ2n) is 5.36. The third-order valence-electron chi connectivity index (χ3n) is 4.27. The van der Waals surface area contributed by atoms with Crippen molar-refractivity contribution in [2.75, 3.05) is 31.6 Å². The predicted octanol–water partition coefficient (Wildman–Crippen LogP) is 1.76. The summed E-state index contributed by atoms with van der Waals surface area (Å²) in [5.74, 6) is 1.53. The van der Waals surface area contributed by atoms with E-state index in [0.29, 0.717) is 12.0 Å². The Balaban J connectivity index is 1.88. The van der Waals surface area contributed by atoms with Crippen LogP contribution in [-0.2, 0) is 0 Å². The molecule has 1 aromatic rings. The number of hydrogen-bond donors (Lipinski definition) is 1. The molecule has 0 spiro atoms. The standard InChI is InChI=1S/C15H19N3O/c1-19-13-5-4-11(8-16)15(7-13)18-9-12-3-2-6-17-14(12)10-18/h4-5,7,12,14,17H,2-3,6,9-10H2,1H3. The second kappa shape index (κ2) is 5.10. The molecule has 2 aliphatic rings. The van der Waals surface area contributed by atoms with Crippen molar-refractivity contribution in [1.82, 2.24) is 5.32 Å². The fourth-order valence-corrected chi connectivity index (χ4v) is 3.24. The topological polar surface area (TPSA) is 48.3 Å². The first-order chi connectivity index (χ1) is 9.31. The average Bonchev–Trinajstić information content (AvgIpc) is 2.90. The van der Waals surface area contributed by atoms with Crippen LogP contribution in [0.25, 0.3) is 0 Å². The fraction of sp³-hybridized carbons (Fsp3) is 0.533. The highest BCUT2D eigenvalue weighted by atomic mass is 16.5. The number of rotatable bonds is 2. The van der Waals surface area contributed by atoms with Crippen molar-refractivity contribution in [3.63, 3.8) is 0 Å². The maximum Gasteiger partial charge on any atom is 0.121 e. The van der Waals surface area contributed by atoms with E-state index in [1.165, 1.54) is 12.8 Å². The van der Waals surface area contributed by atoms with E-state index < -0.39 is 0 Å². The Bertz CT molecular complexity index is 495. The summed E-state index contributed by atoms with van der Waals surface area (Å²) in [6.45, 7) is 3.16. The Morgan fingerprint density at radius 2 is 2.32 bits per heavy atom. The molecular formula is C15H19N3O. The van der Waals surface area contributed by atoms with E-state index in [2.05, 4.69) is 16.3 Å². The fourth-order valence-electron chi connectivity index (χ4n) is 3.24. The minimum absolute atomic E-state index is 0.575. The molecule has 3 rings (SSSR count). The molecule has 0 amide bonds. The Kier molecular flexibility index (Phi) is 3.31. The number of hydrogen-bond acceptors (Lipinski definition) is 4. The molecule has 4 nitrogen and oxygen atoms in total. The van der Waals surface area contributed by atoms with Gasteiger partial charge in [-0.15, -0.1) is 0 Å². The summed E-state index contributed by atoms with van der Waals surface area (Å²) in [5, 5.41) is 12.9. The van der Waals surface area contributed by atoms with Crippen LogP contribution in [0, 0.1) is 17.2 Å². The normalized spacial score (nSPS) is 25.8. The Labute approximate surface area is 114 Å². The Morgan fingerprint density at radius 1 is 1.42 bits per heavy atom. The number of ether oxygens (including phenoxy) is 1. The molecule has 19 heavy (non-hydrogen) atoms. The highest BCUT2D eigenvalue weighted by Crippen LogP contribution is 2.32. The predicted molar refractivity (Wildman–Crippen MR) is 74.4 cm³/mol. The lowest BCUT2D eigenvalue weighted by Gasteiger charge is -2.24. The van der Waals surface area contributed by atoms with Crippen LogP contribution in [0.3, 0.4) is 0 Å². The molecule has 2 aliphatic heterocycles. The summed E-state index contributed by atoms with van der Waals surface area (Å²) in [5.41, 5.74) is 1.75. The zero-order valence-electron chi connectivity index (χ0n) is 11.2. The smallest absolute Gasteiger partial charge is 0.121 e. The van der Waals surface area contributed by atoms with Gasteiger partial charge in [0.05, 0.1) is 18.4 Å². The van der Waals surface area contributed by atoms with Gasteiger partial charge in [0.1, 0.15) is 11.8 Å². The number of benzene rings is 1. The first-order valence-corrected chi connectivity index (χ1v) is 6.88. The molecule has 2 saturated heterocycles. The number of nitrogens with zero attached hydrogens (tertiary/aromatic N) is 2. The first kappa shape index (κ1) is 12.3. The van der Waals surface area contributed by atoms with Crippen molar-refractivity contribution < 1.29 is 4.74 Å². The number of methoxy groups -OCH3 is 1. The van der Waals surface area contributed by atoms with Gasteiger partial charge < -0.3 is 15.0 Å². The maximum atomic E-state index is 9.27. The van der Waals surface area contributed by atoms with Crippen molar-refractivity contribution >= 4 is 5.69 Å². The zero-order valence-corrected chi connectivity index (χ0v) is 11.2. The summed E-state index contributed by atoms with van der Waals surface area (Å²) in [7, 11) is 1.66. The van der Waals surface area contributed by atoms with Crippen molar-refractivity contribution in [2.45, 2.75) is 18.9 Å². The van der Waals surface area contributed by atoms with Crippen LogP contribution in [0.1, 0.15) is 18.4 Å². The number of piperidine rings is 1. The van der Waals surface area contributed by atoms with Crippen LogP contribution in [-0.4, -0.2) is 32.8 Å². The van der Waals surface area contributed by atoms with Gasteiger partial charge in [0, 0.05) is 25.2 Å². The van der Waals surface area contributed by atoms with Crippen molar-refractivity contribution in [3.8, 4) is 11.8 Å². The monoisotopic (exact) mass is 257 g/mol. The minimum atomic E-state index is 0.575. The molecule has 0 saturated carbocycles. The van der Waals surface area contributed by atoms with Crippen molar-refractivity contribution in [1.29, 1.82) is 5.26 Å². The van der Waals surface area contributed by atoms with Gasteiger partial charge in [-0.2, -0.15) is 5.26 Å². The van der Waals surface area contributed by atoms with Crippen LogP contribution in [0.4, 0.5) is 5.69 Å². The molecule has 0 aromatic heterocycles. The molecule has 2 unspecified atom stereocenters. The van der Waals surface area contributed by atoms with E-state index in [1.54, 1.807) is 7.11 Å². The number of fused-ring (bicyclic) bond motifs is 1. The molecule has 0 radical (unpaired) electrons. The largest absolute Gasteiger partial charge is 0.497 e. The van der Waals surface area contributed by atoms with E-state index in [1.807, 2.05) is 18.2 Å². The van der Waals surface area contributed by atoms with E-state index in [-0.39, 0.29) is 0 Å². The van der Waals surface area contributed by atoms with E-state index in [9.17, 15) is 5.26 Å². The van der Waals surface area contributed by atoms with E-state index in [0.717, 1.165) is 36.6 Å². The Hall–Kier alpha value is -1.73. The SMILES string of the molecule is COc1ccc(C#N)c(N2CC3CCCNC3C2)c1. The number of nitriles is 1. The van der Waals surface area contributed by atoms with Gasteiger partial charge in [-0.25, -0.2) is 0 Å². The molecular weight excluding hydrogens is 238 g/mol. The van der Waals surface area contributed by atoms with Gasteiger partial charge in [0.15, 0.2) is 0 Å². The number of nitrogens with one attached hydrogen (secondary N) is 1. The average molecular weight is 257 g/mol. The highest BCUT2D eigenvalue weighted by molar-refractivity contribution is 5.63. The summed E-state index contributed by atoms with van der Waals surface area (Å²) >= 11 is 0. The summed E-state index contributed by atoms with van der Waals surface area (Å²) in [6, 6.07) is 8.55. The molecule has 0 aliphatic carbocycles. The van der Waals surface area contributed by atoms with Crippen LogP contribution >= 0.6 is 0 Å². The lowest BCUT2D eigenvalue weighted by Crippen LogP contribution is -2.40. The third-order valence-corrected chi connectivity index (χ3v) is 4.27.